The molecule has 0 aromatic heterocycles. The van der Waals surface area contributed by atoms with Gasteiger partial charge >= 0.3 is 0 Å². The van der Waals surface area contributed by atoms with Crippen LogP contribution in [0.5, 0.6) is 0 Å². The summed E-state index contributed by atoms with van der Waals surface area (Å²) < 4.78 is 0. The van der Waals surface area contributed by atoms with Crippen LogP contribution in [-0.4, -0.2) is 30.6 Å². The molecule has 2 fully saturated rings. The number of hydrogen-bond acceptors (Lipinski definition) is 2. The van der Waals surface area contributed by atoms with Crippen molar-refractivity contribution in [3.8, 4) is 0 Å². The summed E-state index contributed by atoms with van der Waals surface area (Å²) in [6.07, 6.45) is 11.4. The molecule has 0 aromatic rings. The quantitative estimate of drug-likeness (QED) is 0.795. The standard InChI is InChI=1S/C17H34N2/c1-14(2)12-19(17-5-3-4-6-17)13-16-9-7-15(11-18)8-10-16/h14-17H,3-13,18H2,1-2H3. The minimum absolute atomic E-state index is 0.806. The molecular formula is C17H34N2. The van der Waals surface area contributed by atoms with E-state index in [1.165, 1.54) is 64.5 Å². The molecule has 0 unspecified atom stereocenters. The van der Waals surface area contributed by atoms with E-state index in [-0.39, 0.29) is 0 Å². The summed E-state index contributed by atoms with van der Waals surface area (Å²) in [5.74, 6) is 2.57. The lowest BCUT2D eigenvalue weighted by Crippen LogP contribution is -2.40. The van der Waals surface area contributed by atoms with Gasteiger partial charge in [0, 0.05) is 19.1 Å². The van der Waals surface area contributed by atoms with Crippen molar-refractivity contribution in [1.82, 2.24) is 4.90 Å². The van der Waals surface area contributed by atoms with Gasteiger partial charge in [-0.1, -0.05) is 26.7 Å². The molecule has 0 amide bonds. The van der Waals surface area contributed by atoms with Crippen LogP contribution in [0, 0.1) is 17.8 Å². The van der Waals surface area contributed by atoms with Gasteiger partial charge in [0.2, 0.25) is 0 Å². The van der Waals surface area contributed by atoms with E-state index in [4.69, 9.17) is 5.73 Å². The Morgan fingerprint density at radius 2 is 1.53 bits per heavy atom. The molecule has 112 valence electrons. The van der Waals surface area contributed by atoms with Crippen LogP contribution in [-0.2, 0) is 0 Å². The van der Waals surface area contributed by atoms with E-state index < -0.39 is 0 Å². The molecule has 2 nitrogen and oxygen atoms in total. The molecule has 0 atom stereocenters. The Morgan fingerprint density at radius 1 is 0.947 bits per heavy atom. The smallest absolute Gasteiger partial charge is 0.00954 e. The fourth-order valence-electron chi connectivity index (χ4n) is 4.09. The molecule has 0 spiro atoms. The highest BCUT2D eigenvalue weighted by Crippen LogP contribution is 2.31. The van der Waals surface area contributed by atoms with Crippen molar-refractivity contribution >= 4 is 0 Å². The third-order valence-corrected chi connectivity index (χ3v) is 5.23. The fraction of sp³-hybridized carbons (Fsp3) is 1.00. The molecule has 0 saturated heterocycles. The normalized spacial score (nSPS) is 29.5. The largest absolute Gasteiger partial charge is 0.330 e. The van der Waals surface area contributed by atoms with E-state index in [9.17, 15) is 0 Å². The van der Waals surface area contributed by atoms with Crippen LogP contribution in [0.4, 0.5) is 0 Å². The molecule has 0 bridgehead atoms. The lowest BCUT2D eigenvalue weighted by Gasteiger charge is -2.36. The highest BCUT2D eigenvalue weighted by atomic mass is 15.2. The van der Waals surface area contributed by atoms with Gasteiger partial charge in [0.1, 0.15) is 0 Å². The number of nitrogens with two attached hydrogens (primary N) is 1. The first kappa shape index (κ1) is 15.3. The summed E-state index contributed by atoms with van der Waals surface area (Å²) in [5, 5.41) is 0. The lowest BCUT2D eigenvalue weighted by atomic mass is 9.81. The average Bonchev–Trinajstić information content (AvgIpc) is 2.92. The molecule has 0 radical (unpaired) electrons. The molecule has 2 rings (SSSR count). The summed E-state index contributed by atoms with van der Waals surface area (Å²) >= 11 is 0. The van der Waals surface area contributed by atoms with Crippen molar-refractivity contribution in [2.24, 2.45) is 23.5 Å². The first-order chi connectivity index (χ1) is 9.19. The van der Waals surface area contributed by atoms with E-state index in [2.05, 4.69) is 18.7 Å². The minimum Gasteiger partial charge on any atom is -0.330 e. The topological polar surface area (TPSA) is 29.3 Å². The molecule has 2 saturated carbocycles. The Bertz CT molecular complexity index is 238. The molecule has 2 N–H and O–H groups in total. The third kappa shape index (κ3) is 4.75. The second-order valence-corrected chi connectivity index (χ2v) is 7.41. The lowest BCUT2D eigenvalue weighted by molar-refractivity contribution is 0.126. The van der Waals surface area contributed by atoms with Gasteiger partial charge in [-0.2, -0.15) is 0 Å². The van der Waals surface area contributed by atoms with Crippen molar-refractivity contribution in [1.29, 1.82) is 0 Å². The molecule has 0 aliphatic heterocycles. The zero-order valence-corrected chi connectivity index (χ0v) is 13.1. The number of nitrogens with zero attached hydrogens (tertiary/aromatic N) is 1. The maximum atomic E-state index is 5.80. The zero-order chi connectivity index (χ0) is 13.7. The Labute approximate surface area is 120 Å². The van der Waals surface area contributed by atoms with Gasteiger partial charge in [0.15, 0.2) is 0 Å². The van der Waals surface area contributed by atoms with E-state index in [1.54, 1.807) is 0 Å². The summed E-state index contributed by atoms with van der Waals surface area (Å²) in [6.45, 7) is 8.31. The first-order valence-electron chi connectivity index (χ1n) is 8.63. The van der Waals surface area contributed by atoms with Crippen molar-refractivity contribution in [3.05, 3.63) is 0 Å². The van der Waals surface area contributed by atoms with Crippen LogP contribution in [0.1, 0.15) is 65.2 Å². The van der Waals surface area contributed by atoms with Gasteiger partial charge in [-0.25, -0.2) is 0 Å². The molecule has 0 aromatic carbocycles. The summed E-state index contributed by atoms with van der Waals surface area (Å²) in [6, 6.07) is 0.898. The molecular weight excluding hydrogens is 232 g/mol. The van der Waals surface area contributed by atoms with E-state index in [0.29, 0.717) is 0 Å². The van der Waals surface area contributed by atoms with Crippen LogP contribution in [0.2, 0.25) is 0 Å². The van der Waals surface area contributed by atoms with Crippen LogP contribution >= 0.6 is 0 Å². The second-order valence-electron chi connectivity index (χ2n) is 7.41. The van der Waals surface area contributed by atoms with Crippen molar-refractivity contribution in [3.63, 3.8) is 0 Å². The van der Waals surface area contributed by atoms with Crippen LogP contribution < -0.4 is 5.73 Å². The predicted molar refractivity (Wildman–Crippen MR) is 83.2 cm³/mol. The Balaban J connectivity index is 1.81. The molecule has 2 heteroatoms. The Hall–Kier alpha value is -0.0800. The highest BCUT2D eigenvalue weighted by Gasteiger charge is 2.27. The van der Waals surface area contributed by atoms with Gasteiger partial charge in [-0.05, 0) is 62.8 Å². The second kappa shape index (κ2) is 7.64. The van der Waals surface area contributed by atoms with Crippen LogP contribution in [0.15, 0.2) is 0 Å². The Kier molecular flexibility index (Phi) is 6.15. The first-order valence-corrected chi connectivity index (χ1v) is 8.63. The number of rotatable bonds is 6. The SMILES string of the molecule is CC(C)CN(CC1CCC(CN)CC1)C1CCCC1. The monoisotopic (exact) mass is 266 g/mol. The maximum Gasteiger partial charge on any atom is 0.00954 e. The maximum absolute atomic E-state index is 5.80. The highest BCUT2D eigenvalue weighted by molar-refractivity contribution is 4.82. The molecule has 2 aliphatic rings. The summed E-state index contributed by atoms with van der Waals surface area (Å²) in [4.78, 5) is 2.84. The fourth-order valence-corrected chi connectivity index (χ4v) is 4.09. The van der Waals surface area contributed by atoms with E-state index in [1.807, 2.05) is 0 Å². The van der Waals surface area contributed by atoms with Gasteiger partial charge in [-0.15, -0.1) is 0 Å². The minimum atomic E-state index is 0.806. The van der Waals surface area contributed by atoms with Gasteiger partial charge < -0.3 is 5.73 Å². The third-order valence-electron chi connectivity index (χ3n) is 5.23. The summed E-state index contributed by atoms with van der Waals surface area (Å²) in [7, 11) is 0. The van der Waals surface area contributed by atoms with Gasteiger partial charge in [0.25, 0.3) is 0 Å². The zero-order valence-electron chi connectivity index (χ0n) is 13.1. The van der Waals surface area contributed by atoms with E-state index in [0.717, 1.165) is 30.3 Å². The van der Waals surface area contributed by atoms with Crippen LogP contribution in [0.3, 0.4) is 0 Å². The van der Waals surface area contributed by atoms with E-state index >= 15 is 0 Å². The molecule has 2 aliphatic carbocycles. The Morgan fingerprint density at radius 3 is 2.05 bits per heavy atom. The number of hydrogen-bond donors (Lipinski definition) is 1. The van der Waals surface area contributed by atoms with Crippen molar-refractivity contribution in [2.75, 3.05) is 19.6 Å². The van der Waals surface area contributed by atoms with Crippen molar-refractivity contribution < 1.29 is 0 Å². The molecule has 19 heavy (non-hydrogen) atoms. The summed E-state index contributed by atoms with van der Waals surface area (Å²) in [5.41, 5.74) is 5.80. The van der Waals surface area contributed by atoms with Crippen LogP contribution in [0.25, 0.3) is 0 Å². The van der Waals surface area contributed by atoms with Gasteiger partial charge in [0.05, 0.1) is 0 Å². The van der Waals surface area contributed by atoms with Gasteiger partial charge in [-0.3, -0.25) is 4.90 Å². The average molecular weight is 266 g/mol. The molecule has 0 heterocycles. The van der Waals surface area contributed by atoms with Crippen molar-refractivity contribution in [2.45, 2.75) is 71.3 Å². The predicted octanol–water partition coefficient (Wildman–Crippen LogP) is 3.65.